The van der Waals surface area contributed by atoms with E-state index in [2.05, 4.69) is 36.4 Å². The van der Waals surface area contributed by atoms with Gasteiger partial charge >= 0.3 is 0 Å². The van der Waals surface area contributed by atoms with E-state index in [-0.39, 0.29) is 0 Å². The lowest BCUT2D eigenvalue weighted by atomic mass is 9.96. The molecule has 1 aliphatic rings. The SMILES string of the molecule is CCOc1ccc(CN(CCC[NH+](C)C)C(=S)NC2CCCCC2)cc1OC. The number of ether oxygens (including phenoxy) is 2. The van der Waals surface area contributed by atoms with Crippen LogP contribution in [0.4, 0.5) is 0 Å². The van der Waals surface area contributed by atoms with Crippen molar-refractivity contribution in [2.75, 3.05) is 40.9 Å². The number of methoxy groups -OCH3 is 1. The van der Waals surface area contributed by atoms with Crippen molar-refractivity contribution in [3.8, 4) is 11.5 Å². The molecular formula is C22H38N3O2S+. The van der Waals surface area contributed by atoms with Crippen LogP contribution in [-0.4, -0.2) is 57.0 Å². The Labute approximate surface area is 176 Å². The predicted octanol–water partition coefficient (Wildman–Crippen LogP) is 2.64. The van der Waals surface area contributed by atoms with Crippen LogP contribution in [-0.2, 0) is 6.54 Å². The maximum absolute atomic E-state index is 5.82. The predicted molar refractivity (Wildman–Crippen MR) is 119 cm³/mol. The molecule has 1 saturated carbocycles. The van der Waals surface area contributed by atoms with Crippen molar-refractivity contribution >= 4 is 17.3 Å². The fraction of sp³-hybridized carbons (Fsp3) is 0.682. The van der Waals surface area contributed by atoms with E-state index in [1.807, 2.05) is 13.0 Å². The van der Waals surface area contributed by atoms with Gasteiger partial charge in [-0.15, -0.1) is 0 Å². The summed E-state index contributed by atoms with van der Waals surface area (Å²) in [6.45, 7) is 5.49. The summed E-state index contributed by atoms with van der Waals surface area (Å²) < 4.78 is 11.2. The first kappa shape index (κ1) is 22.8. The van der Waals surface area contributed by atoms with Crippen molar-refractivity contribution in [1.82, 2.24) is 10.2 Å². The van der Waals surface area contributed by atoms with Gasteiger partial charge < -0.3 is 24.6 Å². The molecule has 1 fully saturated rings. The maximum atomic E-state index is 5.82. The normalized spacial score (nSPS) is 14.8. The molecule has 0 bridgehead atoms. The lowest BCUT2D eigenvalue weighted by Gasteiger charge is -2.31. The Hall–Kier alpha value is -1.53. The Morgan fingerprint density at radius 1 is 1.21 bits per heavy atom. The number of rotatable bonds is 10. The smallest absolute Gasteiger partial charge is 0.169 e. The monoisotopic (exact) mass is 408 g/mol. The van der Waals surface area contributed by atoms with Gasteiger partial charge in [-0.2, -0.15) is 0 Å². The zero-order valence-corrected chi connectivity index (χ0v) is 18.9. The summed E-state index contributed by atoms with van der Waals surface area (Å²) in [6, 6.07) is 6.70. The van der Waals surface area contributed by atoms with Crippen LogP contribution >= 0.6 is 12.2 Å². The van der Waals surface area contributed by atoms with Gasteiger partial charge in [-0.25, -0.2) is 0 Å². The van der Waals surface area contributed by atoms with E-state index in [1.54, 1.807) is 7.11 Å². The summed E-state index contributed by atoms with van der Waals surface area (Å²) in [7, 11) is 6.08. The van der Waals surface area contributed by atoms with E-state index in [4.69, 9.17) is 21.7 Å². The third-order valence-electron chi connectivity index (χ3n) is 5.23. The van der Waals surface area contributed by atoms with Gasteiger partial charge in [-0.05, 0) is 49.7 Å². The molecule has 5 nitrogen and oxygen atoms in total. The van der Waals surface area contributed by atoms with Gasteiger partial charge in [0.1, 0.15) is 0 Å². The molecule has 2 N–H and O–H groups in total. The molecule has 0 atom stereocenters. The summed E-state index contributed by atoms with van der Waals surface area (Å²) in [5.74, 6) is 1.57. The molecule has 1 aromatic carbocycles. The summed E-state index contributed by atoms with van der Waals surface area (Å²) in [6.07, 6.45) is 7.54. The Kier molecular flexibility index (Phi) is 9.85. The van der Waals surface area contributed by atoms with E-state index in [0.29, 0.717) is 12.6 Å². The van der Waals surface area contributed by atoms with E-state index in [1.165, 1.54) is 42.6 Å². The molecule has 1 aromatic rings. The Morgan fingerprint density at radius 3 is 2.61 bits per heavy atom. The van der Waals surface area contributed by atoms with E-state index < -0.39 is 0 Å². The molecule has 0 heterocycles. The van der Waals surface area contributed by atoms with Gasteiger partial charge in [0.25, 0.3) is 0 Å². The quantitative estimate of drug-likeness (QED) is 0.582. The standard InChI is InChI=1S/C22H37N3O2S/c1-5-27-20-13-12-18(16-21(20)26-4)17-25(15-9-14-24(2)3)22(28)23-19-10-7-6-8-11-19/h12-13,16,19H,5-11,14-15,17H2,1-4H3,(H,23,28)/p+1. The first-order valence-corrected chi connectivity index (χ1v) is 11.1. The average Bonchev–Trinajstić information content (AvgIpc) is 2.69. The number of hydrogen-bond acceptors (Lipinski definition) is 3. The molecular weight excluding hydrogens is 370 g/mol. The highest BCUT2D eigenvalue weighted by molar-refractivity contribution is 7.80. The largest absolute Gasteiger partial charge is 0.493 e. The maximum Gasteiger partial charge on any atom is 0.169 e. The molecule has 0 aromatic heterocycles. The summed E-state index contributed by atoms with van der Waals surface area (Å²) in [5.41, 5.74) is 1.19. The Balaban J connectivity index is 2.05. The number of thiocarbonyl (C=S) groups is 1. The molecule has 1 aliphatic carbocycles. The first-order chi connectivity index (χ1) is 13.5. The number of quaternary nitrogens is 1. The van der Waals surface area contributed by atoms with Crippen molar-refractivity contribution < 1.29 is 14.4 Å². The summed E-state index contributed by atoms with van der Waals surface area (Å²) in [4.78, 5) is 3.77. The van der Waals surface area contributed by atoms with Crippen LogP contribution in [0.5, 0.6) is 11.5 Å². The highest BCUT2D eigenvalue weighted by Crippen LogP contribution is 2.28. The lowest BCUT2D eigenvalue weighted by Crippen LogP contribution is -3.05. The minimum atomic E-state index is 0.526. The third kappa shape index (κ3) is 7.47. The Bertz CT molecular complexity index is 603. The van der Waals surface area contributed by atoms with Gasteiger partial charge in [-0.3, -0.25) is 0 Å². The molecule has 0 saturated heterocycles. The topological polar surface area (TPSA) is 38.2 Å². The Morgan fingerprint density at radius 2 is 1.96 bits per heavy atom. The second-order valence-electron chi connectivity index (χ2n) is 7.93. The summed E-state index contributed by atoms with van der Waals surface area (Å²) in [5, 5.41) is 4.52. The lowest BCUT2D eigenvalue weighted by molar-refractivity contribution is -0.858. The van der Waals surface area contributed by atoms with Crippen molar-refractivity contribution in [3.63, 3.8) is 0 Å². The average molecular weight is 409 g/mol. The fourth-order valence-electron chi connectivity index (χ4n) is 3.69. The van der Waals surface area contributed by atoms with Gasteiger partial charge in [-0.1, -0.05) is 25.3 Å². The molecule has 2 rings (SSSR count). The molecule has 0 unspecified atom stereocenters. The number of nitrogens with one attached hydrogen (secondary N) is 2. The van der Waals surface area contributed by atoms with Crippen LogP contribution in [0.25, 0.3) is 0 Å². The molecule has 0 radical (unpaired) electrons. The van der Waals surface area contributed by atoms with Crippen LogP contribution in [0, 0.1) is 0 Å². The van der Waals surface area contributed by atoms with E-state index in [9.17, 15) is 0 Å². The van der Waals surface area contributed by atoms with Crippen molar-refractivity contribution in [1.29, 1.82) is 0 Å². The molecule has 6 heteroatoms. The zero-order valence-electron chi connectivity index (χ0n) is 18.1. The van der Waals surface area contributed by atoms with Gasteiger partial charge in [0.2, 0.25) is 0 Å². The number of nitrogens with zero attached hydrogens (tertiary/aromatic N) is 1. The van der Waals surface area contributed by atoms with Gasteiger partial charge in [0.15, 0.2) is 16.6 Å². The first-order valence-electron chi connectivity index (χ1n) is 10.7. The van der Waals surface area contributed by atoms with Crippen LogP contribution in [0.2, 0.25) is 0 Å². The highest BCUT2D eigenvalue weighted by Gasteiger charge is 2.18. The minimum Gasteiger partial charge on any atom is -0.493 e. The van der Waals surface area contributed by atoms with Gasteiger partial charge in [0, 0.05) is 25.6 Å². The summed E-state index contributed by atoms with van der Waals surface area (Å²) >= 11 is 5.82. The number of benzene rings is 1. The highest BCUT2D eigenvalue weighted by atomic mass is 32.1. The van der Waals surface area contributed by atoms with Crippen LogP contribution in [0.15, 0.2) is 18.2 Å². The van der Waals surface area contributed by atoms with Crippen molar-refractivity contribution in [3.05, 3.63) is 23.8 Å². The van der Waals surface area contributed by atoms with Crippen molar-refractivity contribution in [2.45, 2.75) is 58.0 Å². The van der Waals surface area contributed by atoms with Crippen LogP contribution in [0.3, 0.4) is 0 Å². The number of hydrogen-bond donors (Lipinski definition) is 2. The molecule has 0 spiro atoms. The second kappa shape index (κ2) is 12.1. The molecule has 0 aliphatic heterocycles. The second-order valence-corrected chi connectivity index (χ2v) is 8.32. The zero-order chi connectivity index (χ0) is 20.4. The third-order valence-corrected chi connectivity index (χ3v) is 5.60. The van der Waals surface area contributed by atoms with Crippen molar-refractivity contribution in [2.24, 2.45) is 0 Å². The van der Waals surface area contributed by atoms with E-state index >= 15 is 0 Å². The molecule has 0 amide bonds. The molecule has 28 heavy (non-hydrogen) atoms. The minimum absolute atomic E-state index is 0.526. The molecule has 158 valence electrons. The van der Waals surface area contributed by atoms with Crippen LogP contribution < -0.4 is 19.7 Å². The van der Waals surface area contributed by atoms with E-state index in [0.717, 1.165) is 42.7 Å². The van der Waals surface area contributed by atoms with Gasteiger partial charge in [0.05, 0.1) is 34.4 Å². The fourth-order valence-corrected chi connectivity index (χ4v) is 4.02. The van der Waals surface area contributed by atoms with Crippen LogP contribution in [0.1, 0.15) is 51.0 Å².